The molecule has 1 unspecified atom stereocenters. The maximum absolute atomic E-state index is 13.3. The minimum atomic E-state index is -1.76. The van der Waals surface area contributed by atoms with E-state index in [1.807, 2.05) is 0 Å². The Morgan fingerprint density at radius 3 is 2.50 bits per heavy atom. The third-order valence-electron chi connectivity index (χ3n) is 3.34. The lowest BCUT2D eigenvalue weighted by Gasteiger charge is -2.27. The molecule has 2 N–H and O–H groups in total. The molecule has 1 aromatic carbocycles. The normalized spacial score (nSPS) is 12.8. The molecule has 100 valence electrons. The predicted octanol–water partition coefficient (Wildman–Crippen LogP) is 1.13. The fraction of sp³-hybridized carbons (Fsp3) is 0.538. The van der Waals surface area contributed by atoms with Crippen LogP contribution in [0.15, 0.2) is 18.2 Å². The van der Waals surface area contributed by atoms with Gasteiger partial charge in [-0.25, -0.2) is 4.39 Å². The smallest absolute Gasteiger partial charge is 0.423 e. The molecule has 0 heterocycles. The lowest BCUT2D eigenvalue weighted by atomic mass is 9.79. The van der Waals surface area contributed by atoms with Gasteiger partial charge in [0.25, 0.3) is 0 Å². The summed E-state index contributed by atoms with van der Waals surface area (Å²) in [6.45, 7) is 7.95. The largest absolute Gasteiger partial charge is 0.491 e. The Morgan fingerprint density at radius 2 is 2.00 bits per heavy atom. The predicted molar refractivity (Wildman–Crippen MR) is 72.1 cm³/mol. The summed E-state index contributed by atoms with van der Waals surface area (Å²) < 4.78 is 13.3. The highest BCUT2D eigenvalue weighted by Crippen LogP contribution is 2.10. The van der Waals surface area contributed by atoms with Gasteiger partial charge in [-0.2, -0.15) is 0 Å². The molecule has 5 heteroatoms. The van der Waals surface area contributed by atoms with Crippen LogP contribution in [0, 0.1) is 5.82 Å². The summed E-state index contributed by atoms with van der Waals surface area (Å²) in [5, 5.41) is 18.2. The zero-order chi connectivity index (χ0) is 13.7. The van der Waals surface area contributed by atoms with Crippen LogP contribution >= 0.6 is 0 Å². The van der Waals surface area contributed by atoms with Gasteiger partial charge in [-0.05, 0) is 31.5 Å². The molecule has 1 rings (SSSR count). The molecular formula is C13H21BFNO2. The minimum absolute atomic E-state index is 0.0623. The highest BCUT2D eigenvalue weighted by Gasteiger charge is 2.18. The van der Waals surface area contributed by atoms with E-state index < -0.39 is 12.9 Å². The van der Waals surface area contributed by atoms with Crippen LogP contribution in [0.25, 0.3) is 0 Å². The zero-order valence-electron chi connectivity index (χ0n) is 11.2. The van der Waals surface area contributed by atoms with Crippen molar-refractivity contribution in [2.45, 2.75) is 39.8 Å². The second kappa shape index (κ2) is 6.88. The number of benzene rings is 1. The third kappa shape index (κ3) is 3.80. The number of halogens is 1. The van der Waals surface area contributed by atoms with Crippen LogP contribution in [0.3, 0.4) is 0 Å². The number of nitrogens with zero attached hydrogens (tertiary/aromatic N) is 1. The summed E-state index contributed by atoms with van der Waals surface area (Å²) in [5.74, 6) is -0.583. The number of hydrogen-bond donors (Lipinski definition) is 2. The van der Waals surface area contributed by atoms with E-state index >= 15 is 0 Å². The van der Waals surface area contributed by atoms with E-state index in [0.29, 0.717) is 12.6 Å². The molecule has 18 heavy (non-hydrogen) atoms. The van der Waals surface area contributed by atoms with Crippen molar-refractivity contribution in [3.05, 3.63) is 29.6 Å². The third-order valence-corrected chi connectivity index (χ3v) is 3.34. The van der Waals surface area contributed by atoms with Crippen LogP contribution < -0.4 is 5.46 Å². The first-order chi connectivity index (χ1) is 8.49. The van der Waals surface area contributed by atoms with Gasteiger partial charge < -0.3 is 10.0 Å². The van der Waals surface area contributed by atoms with Crippen molar-refractivity contribution in [2.24, 2.45) is 0 Å². The van der Waals surface area contributed by atoms with Gasteiger partial charge in [0.05, 0.1) is 0 Å². The molecule has 0 bridgehead atoms. The highest BCUT2D eigenvalue weighted by atomic mass is 19.1. The summed E-state index contributed by atoms with van der Waals surface area (Å²) in [4.78, 5) is 2.26. The standard InChI is InChI=1S/C13H21BFNO2/c1-4-10(3)16(5-2)9-11-6-7-13(15)12(8-11)14(17)18/h6-8,10,17-18H,4-5,9H2,1-3H3. The van der Waals surface area contributed by atoms with Gasteiger partial charge in [-0.3, -0.25) is 4.90 Å². The van der Waals surface area contributed by atoms with E-state index in [9.17, 15) is 4.39 Å². The fourth-order valence-corrected chi connectivity index (χ4v) is 1.96. The van der Waals surface area contributed by atoms with E-state index in [4.69, 9.17) is 10.0 Å². The van der Waals surface area contributed by atoms with Crippen LogP contribution in [0.1, 0.15) is 32.8 Å². The second-order valence-corrected chi connectivity index (χ2v) is 4.55. The summed E-state index contributed by atoms with van der Waals surface area (Å²) >= 11 is 0. The average molecular weight is 253 g/mol. The first-order valence-corrected chi connectivity index (χ1v) is 6.38. The fourth-order valence-electron chi connectivity index (χ4n) is 1.96. The average Bonchev–Trinajstić information content (AvgIpc) is 2.36. The summed E-state index contributed by atoms with van der Waals surface area (Å²) in [6, 6.07) is 4.94. The second-order valence-electron chi connectivity index (χ2n) is 4.55. The Kier molecular flexibility index (Phi) is 5.79. The summed E-state index contributed by atoms with van der Waals surface area (Å²) in [7, 11) is -1.76. The van der Waals surface area contributed by atoms with Crippen molar-refractivity contribution in [1.29, 1.82) is 0 Å². The van der Waals surface area contributed by atoms with Crippen LogP contribution in [0.4, 0.5) is 4.39 Å². The van der Waals surface area contributed by atoms with Crippen molar-refractivity contribution >= 4 is 12.6 Å². The molecule has 1 atom stereocenters. The maximum Gasteiger partial charge on any atom is 0.491 e. The Labute approximate surface area is 108 Å². The molecule has 0 fully saturated rings. The minimum Gasteiger partial charge on any atom is -0.423 e. The van der Waals surface area contributed by atoms with Gasteiger partial charge in [0.2, 0.25) is 0 Å². The Balaban J connectivity index is 2.87. The molecular weight excluding hydrogens is 232 g/mol. The molecule has 3 nitrogen and oxygen atoms in total. The van der Waals surface area contributed by atoms with Crippen LogP contribution in [-0.2, 0) is 6.54 Å². The monoisotopic (exact) mass is 253 g/mol. The van der Waals surface area contributed by atoms with Gasteiger partial charge in [0, 0.05) is 18.0 Å². The van der Waals surface area contributed by atoms with Gasteiger partial charge in [0.15, 0.2) is 0 Å². The van der Waals surface area contributed by atoms with Gasteiger partial charge in [-0.1, -0.05) is 26.0 Å². The number of hydrogen-bond acceptors (Lipinski definition) is 3. The zero-order valence-corrected chi connectivity index (χ0v) is 11.2. The Hall–Kier alpha value is -0.905. The highest BCUT2D eigenvalue weighted by molar-refractivity contribution is 6.58. The first-order valence-electron chi connectivity index (χ1n) is 6.38. The molecule has 0 saturated carbocycles. The van der Waals surface area contributed by atoms with Crippen LogP contribution in [-0.4, -0.2) is 34.7 Å². The summed E-state index contributed by atoms with van der Waals surface area (Å²) in [5.41, 5.74) is 0.828. The van der Waals surface area contributed by atoms with Crippen molar-refractivity contribution in [1.82, 2.24) is 4.90 Å². The maximum atomic E-state index is 13.3. The van der Waals surface area contributed by atoms with E-state index in [-0.39, 0.29) is 5.46 Å². The van der Waals surface area contributed by atoms with Crippen LogP contribution in [0.2, 0.25) is 0 Å². The molecule has 0 radical (unpaired) electrons. The first kappa shape index (κ1) is 15.2. The Bertz CT molecular complexity index is 387. The quantitative estimate of drug-likeness (QED) is 0.747. The molecule has 0 saturated heterocycles. The molecule has 0 aromatic heterocycles. The van der Waals surface area contributed by atoms with Gasteiger partial charge in [0.1, 0.15) is 5.82 Å². The molecule has 0 amide bonds. The van der Waals surface area contributed by atoms with Crippen molar-refractivity contribution in [2.75, 3.05) is 6.54 Å². The van der Waals surface area contributed by atoms with E-state index in [1.54, 1.807) is 6.07 Å². The Morgan fingerprint density at radius 1 is 1.33 bits per heavy atom. The lowest BCUT2D eigenvalue weighted by Crippen LogP contribution is -2.35. The molecule has 0 aliphatic rings. The molecule has 0 aliphatic carbocycles. The van der Waals surface area contributed by atoms with Gasteiger partial charge >= 0.3 is 7.12 Å². The summed E-state index contributed by atoms with van der Waals surface area (Å²) in [6.07, 6.45) is 1.05. The van der Waals surface area contributed by atoms with Crippen molar-refractivity contribution in [3.63, 3.8) is 0 Å². The molecule has 0 aliphatic heterocycles. The molecule has 1 aromatic rings. The lowest BCUT2D eigenvalue weighted by molar-refractivity contribution is 0.206. The van der Waals surface area contributed by atoms with Crippen molar-refractivity contribution < 1.29 is 14.4 Å². The number of rotatable bonds is 6. The van der Waals surface area contributed by atoms with E-state index in [0.717, 1.165) is 18.5 Å². The molecule has 0 spiro atoms. The van der Waals surface area contributed by atoms with E-state index in [1.165, 1.54) is 12.1 Å². The van der Waals surface area contributed by atoms with E-state index in [2.05, 4.69) is 25.7 Å². The van der Waals surface area contributed by atoms with Crippen LogP contribution in [0.5, 0.6) is 0 Å². The van der Waals surface area contributed by atoms with Crippen molar-refractivity contribution in [3.8, 4) is 0 Å². The topological polar surface area (TPSA) is 43.7 Å². The van der Waals surface area contributed by atoms with Gasteiger partial charge in [-0.15, -0.1) is 0 Å². The SMILES string of the molecule is CCC(C)N(CC)Cc1ccc(F)c(B(O)O)c1.